The number of nitrogens with zero attached hydrogens (tertiary/aromatic N) is 2. The number of carbonyl (C=O) groups excluding carboxylic acids is 1. The zero-order valence-electron chi connectivity index (χ0n) is 12.7. The summed E-state index contributed by atoms with van der Waals surface area (Å²) in [5, 5.41) is 3.06. The van der Waals surface area contributed by atoms with Gasteiger partial charge in [0, 0.05) is 6.20 Å². The van der Waals surface area contributed by atoms with Gasteiger partial charge >= 0.3 is 0 Å². The van der Waals surface area contributed by atoms with Crippen LogP contribution in [0.25, 0.3) is 0 Å². The molecule has 0 unspecified atom stereocenters. The molecule has 0 saturated carbocycles. The maximum absolute atomic E-state index is 12.3. The van der Waals surface area contributed by atoms with Gasteiger partial charge in [-0.2, -0.15) is 0 Å². The van der Waals surface area contributed by atoms with Gasteiger partial charge in [-0.05, 0) is 24.8 Å². The summed E-state index contributed by atoms with van der Waals surface area (Å²) in [5.41, 5.74) is 2.26. The van der Waals surface area contributed by atoms with E-state index in [0.29, 0.717) is 11.6 Å². The number of rotatable bonds is 5. The third-order valence-electron chi connectivity index (χ3n) is 3.23. The first kappa shape index (κ1) is 15.2. The van der Waals surface area contributed by atoms with Crippen molar-refractivity contribution in [3.05, 3.63) is 59.7 Å². The van der Waals surface area contributed by atoms with E-state index in [1.54, 1.807) is 6.20 Å². The topological polar surface area (TPSA) is 54.9 Å². The molecule has 0 saturated heterocycles. The largest absolute Gasteiger partial charge is 0.344 e. The fourth-order valence-electron chi connectivity index (χ4n) is 2.18. The smallest absolute Gasteiger partial charge is 0.271 e. The van der Waals surface area contributed by atoms with E-state index in [9.17, 15) is 4.79 Å². The predicted octanol–water partition coefficient (Wildman–Crippen LogP) is 3.30. The molecule has 2 rings (SSSR count). The molecule has 2 aromatic rings. The number of nitrogens with one attached hydrogen (secondary N) is 1. The first-order valence-corrected chi connectivity index (χ1v) is 7.20. The minimum Gasteiger partial charge on any atom is -0.344 e. The van der Waals surface area contributed by atoms with Gasteiger partial charge in [0.05, 0.1) is 17.9 Å². The maximum Gasteiger partial charge on any atom is 0.271 e. The summed E-state index contributed by atoms with van der Waals surface area (Å²) in [5.74, 6) is 0.302. The Hall–Kier alpha value is -2.23. The minimum atomic E-state index is -0.183. The third kappa shape index (κ3) is 4.38. The summed E-state index contributed by atoms with van der Waals surface area (Å²) in [4.78, 5) is 20.6. The molecule has 1 aromatic carbocycles. The number of benzene rings is 1. The Labute approximate surface area is 125 Å². The Kier molecular flexibility index (Phi) is 5.04. The van der Waals surface area contributed by atoms with Crippen molar-refractivity contribution >= 4 is 5.91 Å². The number of aromatic nitrogens is 2. The van der Waals surface area contributed by atoms with E-state index in [1.165, 1.54) is 6.20 Å². The quantitative estimate of drug-likeness (QED) is 0.916. The van der Waals surface area contributed by atoms with Crippen LogP contribution in [0, 0.1) is 12.8 Å². The second-order valence-corrected chi connectivity index (χ2v) is 5.61. The van der Waals surface area contributed by atoms with Crippen LogP contribution in [0.5, 0.6) is 0 Å². The highest BCUT2D eigenvalue weighted by molar-refractivity contribution is 5.92. The van der Waals surface area contributed by atoms with Crippen molar-refractivity contribution in [1.82, 2.24) is 15.3 Å². The zero-order valence-corrected chi connectivity index (χ0v) is 12.7. The lowest BCUT2D eigenvalue weighted by Gasteiger charge is -2.21. The average molecular weight is 283 g/mol. The van der Waals surface area contributed by atoms with Crippen LogP contribution < -0.4 is 5.32 Å². The number of hydrogen-bond donors (Lipinski definition) is 1. The van der Waals surface area contributed by atoms with E-state index >= 15 is 0 Å². The van der Waals surface area contributed by atoms with Gasteiger partial charge in [0.25, 0.3) is 5.91 Å². The third-order valence-corrected chi connectivity index (χ3v) is 3.23. The van der Waals surface area contributed by atoms with Gasteiger partial charge in [0.1, 0.15) is 5.69 Å². The Bertz CT molecular complexity index is 579. The molecular weight excluding hydrogens is 262 g/mol. The van der Waals surface area contributed by atoms with Gasteiger partial charge in [-0.25, -0.2) is 4.98 Å². The van der Waals surface area contributed by atoms with Crippen LogP contribution in [0.3, 0.4) is 0 Å². The van der Waals surface area contributed by atoms with Crippen LogP contribution in [0.15, 0.2) is 42.7 Å². The van der Waals surface area contributed by atoms with Gasteiger partial charge in [-0.1, -0.05) is 44.2 Å². The summed E-state index contributed by atoms with van der Waals surface area (Å²) in [6.45, 7) is 6.14. The summed E-state index contributed by atoms with van der Waals surface area (Å²) in [7, 11) is 0. The molecule has 1 atom stereocenters. The van der Waals surface area contributed by atoms with Gasteiger partial charge in [0.2, 0.25) is 0 Å². The highest BCUT2D eigenvalue weighted by Gasteiger charge is 2.17. The molecule has 0 aliphatic heterocycles. The molecule has 110 valence electrons. The summed E-state index contributed by atoms with van der Waals surface area (Å²) in [6.07, 6.45) is 4.01. The SMILES string of the molecule is Cc1cnc(C(=O)N[C@H](CC(C)C)c2ccccc2)cn1. The summed E-state index contributed by atoms with van der Waals surface area (Å²) < 4.78 is 0. The number of aryl methyl sites for hydroxylation is 1. The van der Waals surface area contributed by atoms with Gasteiger partial charge < -0.3 is 5.32 Å². The molecule has 1 amide bonds. The second-order valence-electron chi connectivity index (χ2n) is 5.61. The molecule has 1 heterocycles. The molecule has 0 aliphatic carbocycles. The van der Waals surface area contributed by atoms with Crippen molar-refractivity contribution in [3.8, 4) is 0 Å². The number of amides is 1. The van der Waals surface area contributed by atoms with Crippen molar-refractivity contribution in [2.24, 2.45) is 5.92 Å². The van der Waals surface area contributed by atoms with Crippen molar-refractivity contribution in [3.63, 3.8) is 0 Å². The number of carbonyl (C=O) groups is 1. The molecule has 4 nitrogen and oxygen atoms in total. The normalized spacial score (nSPS) is 12.2. The van der Waals surface area contributed by atoms with Crippen molar-refractivity contribution < 1.29 is 4.79 Å². The predicted molar refractivity (Wildman–Crippen MR) is 82.9 cm³/mol. The Morgan fingerprint density at radius 3 is 2.43 bits per heavy atom. The molecule has 0 radical (unpaired) electrons. The first-order chi connectivity index (χ1) is 10.1. The van der Waals surface area contributed by atoms with Crippen LogP contribution in [0.2, 0.25) is 0 Å². The molecule has 0 fully saturated rings. The first-order valence-electron chi connectivity index (χ1n) is 7.20. The van der Waals surface area contributed by atoms with E-state index in [0.717, 1.165) is 17.7 Å². The fourth-order valence-corrected chi connectivity index (χ4v) is 2.18. The van der Waals surface area contributed by atoms with Crippen molar-refractivity contribution in [2.75, 3.05) is 0 Å². The van der Waals surface area contributed by atoms with Crippen LogP contribution >= 0.6 is 0 Å². The lowest BCUT2D eigenvalue weighted by atomic mass is 9.97. The summed E-state index contributed by atoms with van der Waals surface area (Å²) in [6, 6.07) is 10.0. The van der Waals surface area contributed by atoms with Crippen LogP contribution in [0.1, 0.15) is 48.1 Å². The number of hydrogen-bond acceptors (Lipinski definition) is 3. The molecule has 21 heavy (non-hydrogen) atoms. The minimum absolute atomic E-state index is 0.0122. The van der Waals surface area contributed by atoms with E-state index < -0.39 is 0 Å². The lowest BCUT2D eigenvalue weighted by molar-refractivity contribution is 0.0926. The standard InChI is InChI=1S/C17H21N3O/c1-12(2)9-15(14-7-5-4-6-8-14)20-17(21)16-11-18-13(3)10-19-16/h4-8,10-12,15H,9H2,1-3H3,(H,20,21)/t15-/m1/s1. The van der Waals surface area contributed by atoms with Gasteiger partial charge in [0.15, 0.2) is 0 Å². The van der Waals surface area contributed by atoms with Crippen LogP contribution in [-0.2, 0) is 0 Å². The highest BCUT2D eigenvalue weighted by Crippen LogP contribution is 2.21. The fraction of sp³-hybridized carbons (Fsp3) is 0.353. The highest BCUT2D eigenvalue weighted by atomic mass is 16.1. The zero-order chi connectivity index (χ0) is 15.2. The van der Waals surface area contributed by atoms with E-state index in [1.807, 2.05) is 37.3 Å². The average Bonchev–Trinajstić information content (AvgIpc) is 2.47. The molecule has 4 heteroatoms. The Morgan fingerprint density at radius 2 is 1.86 bits per heavy atom. The molecule has 1 aromatic heterocycles. The van der Waals surface area contributed by atoms with E-state index in [2.05, 4.69) is 29.1 Å². The molecule has 1 N–H and O–H groups in total. The molecule has 0 aliphatic rings. The molecule has 0 spiro atoms. The Morgan fingerprint density at radius 1 is 1.14 bits per heavy atom. The lowest BCUT2D eigenvalue weighted by Crippen LogP contribution is -2.30. The Balaban J connectivity index is 2.15. The second kappa shape index (κ2) is 6.97. The van der Waals surface area contributed by atoms with Crippen molar-refractivity contribution in [1.29, 1.82) is 0 Å². The van der Waals surface area contributed by atoms with Crippen molar-refractivity contribution in [2.45, 2.75) is 33.2 Å². The molecule has 0 bridgehead atoms. The van der Waals surface area contributed by atoms with Crippen LogP contribution in [0.4, 0.5) is 0 Å². The van der Waals surface area contributed by atoms with E-state index in [4.69, 9.17) is 0 Å². The van der Waals surface area contributed by atoms with Crippen LogP contribution in [-0.4, -0.2) is 15.9 Å². The van der Waals surface area contributed by atoms with Gasteiger partial charge in [-0.15, -0.1) is 0 Å². The summed E-state index contributed by atoms with van der Waals surface area (Å²) >= 11 is 0. The molecular formula is C17H21N3O. The van der Waals surface area contributed by atoms with E-state index in [-0.39, 0.29) is 11.9 Å². The monoisotopic (exact) mass is 283 g/mol. The maximum atomic E-state index is 12.3. The van der Waals surface area contributed by atoms with Gasteiger partial charge in [-0.3, -0.25) is 9.78 Å².